The van der Waals surface area contributed by atoms with Gasteiger partial charge in [0.25, 0.3) is 0 Å². The highest BCUT2D eigenvalue weighted by atomic mass is 79.9. The zero-order chi connectivity index (χ0) is 14.1. The van der Waals surface area contributed by atoms with Crippen LogP contribution in [0, 0.1) is 0 Å². The smallest absolute Gasteiger partial charge is 0.242 e. The van der Waals surface area contributed by atoms with Gasteiger partial charge in [0.1, 0.15) is 0 Å². The highest BCUT2D eigenvalue weighted by Gasteiger charge is 2.35. The maximum absolute atomic E-state index is 12.4. The second-order valence-electron chi connectivity index (χ2n) is 5.15. The Morgan fingerprint density at radius 1 is 1.37 bits per heavy atom. The average Bonchev–Trinajstić information content (AvgIpc) is 2.75. The van der Waals surface area contributed by atoms with Gasteiger partial charge >= 0.3 is 0 Å². The second-order valence-corrected chi connectivity index (χ2v) is 8.11. The molecule has 2 rings (SSSR count). The first-order chi connectivity index (χ1) is 8.83. The number of halogens is 1. The lowest BCUT2D eigenvalue weighted by Gasteiger charge is -2.28. The molecule has 0 aromatic heterocycles. The molecule has 1 fully saturated rings. The van der Waals surface area contributed by atoms with Gasteiger partial charge in [-0.2, -0.15) is 4.31 Å². The van der Waals surface area contributed by atoms with Gasteiger partial charge in [-0.25, -0.2) is 8.42 Å². The summed E-state index contributed by atoms with van der Waals surface area (Å²) in [7, 11) is -2.02. The van der Waals surface area contributed by atoms with Crippen LogP contribution in [-0.4, -0.2) is 37.0 Å². The Morgan fingerprint density at radius 3 is 2.58 bits per heavy atom. The quantitative estimate of drug-likeness (QED) is 0.909. The van der Waals surface area contributed by atoms with Crippen LogP contribution in [0.1, 0.15) is 25.7 Å². The normalized spacial score (nSPS) is 18.9. The van der Waals surface area contributed by atoms with Crippen LogP contribution in [0.5, 0.6) is 0 Å². The molecule has 0 bridgehead atoms. The molecule has 1 aromatic rings. The summed E-state index contributed by atoms with van der Waals surface area (Å²) < 4.78 is 26.8. The number of hydrogen-bond donors (Lipinski definition) is 1. The highest BCUT2D eigenvalue weighted by Crippen LogP contribution is 2.31. The number of sulfonamides is 1. The Morgan fingerprint density at radius 2 is 2.00 bits per heavy atom. The largest absolute Gasteiger partial charge is 0.389 e. The number of likely N-dealkylation sites (N-methyl/N-ethyl adjacent to an activating group) is 1. The number of aliphatic hydroxyl groups is 1. The molecule has 1 saturated carbocycles. The van der Waals surface area contributed by atoms with Crippen molar-refractivity contribution in [3.63, 3.8) is 0 Å². The van der Waals surface area contributed by atoms with Crippen molar-refractivity contribution < 1.29 is 13.5 Å². The fraction of sp³-hybridized carbons (Fsp3) is 0.538. The Kier molecular flexibility index (Phi) is 4.35. The molecule has 4 nitrogen and oxygen atoms in total. The summed E-state index contributed by atoms with van der Waals surface area (Å²) in [5, 5.41) is 10.3. The lowest BCUT2D eigenvalue weighted by Crippen LogP contribution is -2.41. The molecule has 0 spiro atoms. The van der Waals surface area contributed by atoms with Crippen LogP contribution in [0.25, 0.3) is 0 Å². The Bertz CT molecular complexity index is 553. The van der Waals surface area contributed by atoms with Gasteiger partial charge in [0, 0.05) is 18.1 Å². The average molecular weight is 348 g/mol. The summed E-state index contributed by atoms with van der Waals surface area (Å²) in [5.41, 5.74) is -0.867. The third-order valence-electron chi connectivity index (χ3n) is 3.56. The second kappa shape index (κ2) is 5.52. The van der Waals surface area contributed by atoms with Crippen molar-refractivity contribution in [3.05, 3.63) is 28.7 Å². The molecule has 0 saturated heterocycles. The molecule has 0 amide bonds. The zero-order valence-corrected chi connectivity index (χ0v) is 13.2. The molecular weight excluding hydrogens is 330 g/mol. The summed E-state index contributed by atoms with van der Waals surface area (Å²) in [5.74, 6) is 0. The predicted molar refractivity (Wildman–Crippen MR) is 77.4 cm³/mol. The van der Waals surface area contributed by atoms with Crippen LogP contribution in [-0.2, 0) is 10.0 Å². The topological polar surface area (TPSA) is 57.6 Å². The molecule has 6 heteroatoms. The van der Waals surface area contributed by atoms with Gasteiger partial charge in [0.2, 0.25) is 10.0 Å². The minimum atomic E-state index is -3.54. The lowest BCUT2D eigenvalue weighted by atomic mass is 10.0. The van der Waals surface area contributed by atoms with Crippen molar-refractivity contribution in [3.8, 4) is 0 Å². The molecule has 0 atom stereocenters. The molecule has 0 unspecified atom stereocenters. The zero-order valence-electron chi connectivity index (χ0n) is 10.8. The first-order valence-electron chi connectivity index (χ1n) is 6.28. The van der Waals surface area contributed by atoms with Crippen LogP contribution in [0.4, 0.5) is 0 Å². The van der Waals surface area contributed by atoms with Gasteiger partial charge < -0.3 is 5.11 Å². The summed E-state index contributed by atoms with van der Waals surface area (Å²) in [6.07, 6.45) is 3.26. The van der Waals surface area contributed by atoms with Gasteiger partial charge in [0.05, 0.1) is 10.5 Å². The van der Waals surface area contributed by atoms with E-state index in [-0.39, 0.29) is 11.4 Å². The Labute approximate surface area is 122 Å². The van der Waals surface area contributed by atoms with Crippen LogP contribution < -0.4 is 0 Å². The van der Waals surface area contributed by atoms with Crippen molar-refractivity contribution in [1.29, 1.82) is 0 Å². The van der Waals surface area contributed by atoms with Gasteiger partial charge in [0.15, 0.2) is 0 Å². The number of rotatable bonds is 4. The minimum Gasteiger partial charge on any atom is -0.389 e. The highest BCUT2D eigenvalue weighted by molar-refractivity contribution is 9.10. The van der Waals surface area contributed by atoms with Crippen LogP contribution in [0.3, 0.4) is 0 Å². The molecule has 1 aliphatic rings. The van der Waals surface area contributed by atoms with E-state index >= 15 is 0 Å². The van der Waals surface area contributed by atoms with E-state index in [2.05, 4.69) is 15.9 Å². The van der Waals surface area contributed by atoms with Crippen molar-refractivity contribution in [2.45, 2.75) is 36.2 Å². The van der Waals surface area contributed by atoms with Crippen LogP contribution in [0.2, 0.25) is 0 Å². The molecule has 106 valence electrons. The molecule has 0 aliphatic heterocycles. The van der Waals surface area contributed by atoms with Gasteiger partial charge in [-0.05, 0) is 31.0 Å². The summed E-state index contributed by atoms with van der Waals surface area (Å²) >= 11 is 3.27. The molecular formula is C13H18BrNO3S. The molecule has 19 heavy (non-hydrogen) atoms. The third kappa shape index (κ3) is 3.37. The molecule has 1 N–H and O–H groups in total. The van der Waals surface area contributed by atoms with Crippen molar-refractivity contribution >= 4 is 26.0 Å². The van der Waals surface area contributed by atoms with E-state index in [1.165, 1.54) is 11.4 Å². The monoisotopic (exact) mass is 347 g/mol. The van der Waals surface area contributed by atoms with Gasteiger partial charge in [-0.15, -0.1) is 0 Å². The molecule has 0 heterocycles. The van der Waals surface area contributed by atoms with Crippen molar-refractivity contribution in [2.24, 2.45) is 0 Å². The first kappa shape index (κ1) is 15.0. The van der Waals surface area contributed by atoms with Gasteiger partial charge in [-0.3, -0.25) is 0 Å². The molecule has 1 aliphatic carbocycles. The standard InChI is InChI=1S/C13H18BrNO3S/c1-15(10-13(16)7-2-3-8-13)19(17,18)12-6-4-5-11(14)9-12/h4-6,9,16H,2-3,7-8,10H2,1H3. The summed E-state index contributed by atoms with van der Waals surface area (Å²) in [4.78, 5) is 0.242. The fourth-order valence-electron chi connectivity index (χ4n) is 2.50. The predicted octanol–water partition coefficient (Wildman–Crippen LogP) is 2.37. The number of nitrogens with zero attached hydrogens (tertiary/aromatic N) is 1. The molecule has 0 radical (unpaired) electrons. The fourth-order valence-corrected chi connectivity index (χ4v) is 4.35. The van der Waals surface area contributed by atoms with Crippen molar-refractivity contribution in [1.82, 2.24) is 4.31 Å². The van der Waals surface area contributed by atoms with Crippen LogP contribution in [0.15, 0.2) is 33.6 Å². The van der Waals surface area contributed by atoms with E-state index in [0.29, 0.717) is 12.8 Å². The summed E-state index contributed by atoms with van der Waals surface area (Å²) in [6.45, 7) is 0.155. The molecule has 1 aromatic carbocycles. The van der Waals surface area contributed by atoms with Crippen molar-refractivity contribution in [2.75, 3.05) is 13.6 Å². The van der Waals surface area contributed by atoms with E-state index < -0.39 is 15.6 Å². The lowest BCUT2D eigenvalue weighted by molar-refractivity contribution is 0.0333. The summed E-state index contributed by atoms with van der Waals surface area (Å²) in [6, 6.07) is 6.61. The van der Waals surface area contributed by atoms with Gasteiger partial charge in [-0.1, -0.05) is 34.8 Å². The first-order valence-corrected chi connectivity index (χ1v) is 8.51. The Balaban J connectivity index is 2.19. The minimum absolute atomic E-state index is 0.155. The van der Waals surface area contributed by atoms with E-state index in [4.69, 9.17) is 0 Å². The SMILES string of the molecule is CN(CC1(O)CCCC1)S(=O)(=O)c1cccc(Br)c1. The number of benzene rings is 1. The van der Waals surface area contributed by atoms with E-state index in [9.17, 15) is 13.5 Å². The third-order valence-corrected chi connectivity index (χ3v) is 5.85. The Hall–Kier alpha value is -0.430. The van der Waals surface area contributed by atoms with E-state index in [0.717, 1.165) is 17.3 Å². The maximum Gasteiger partial charge on any atom is 0.242 e. The van der Waals surface area contributed by atoms with Crippen LogP contribution >= 0.6 is 15.9 Å². The number of hydrogen-bond acceptors (Lipinski definition) is 3. The maximum atomic E-state index is 12.4. The van der Waals surface area contributed by atoms with E-state index in [1.807, 2.05) is 0 Å². The van der Waals surface area contributed by atoms with E-state index in [1.54, 1.807) is 24.3 Å².